The highest BCUT2D eigenvalue weighted by molar-refractivity contribution is 5.98. The van der Waals surface area contributed by atoms with Crippen LogP contribution in [0.2, 0.25) is 0 Å². The Balaban J connectivity index is 1.50. The first-order chi connectivity index (χ1) is 28.0. The summed E-state index contributed by atoms with van der Waals surface area (Å²) in [5.41, 5.74) is 6.49. The summed E-state index contributed by atoms with van der Waals surface area (Å²) < 4.78 is 0. The van der Waals surface area contributed by atoms with Gasteiger partial charge in [0.15, 0.2) is 0 Å². The highest BCUT2D eigenvalue weighted by Gasteiger charge is 2.43. The van der Waals surface area contributed by atoms with E-state index < -0.39 is 95.7 Å². The van der Waals surface area contributed by atoms with E-state index in [4.69, 9.17) is 5.73 Å². The predicted molar refractivity (Wildman–Crippen MR) is 210 cm³/mol. The number of carbonyl (C=O) groups excluding carboxylic acids is 7. The van der Waals surface area contributed by atoms with E-state index in [0.717, 1.165) is 0 Å². The van der Waals surface area contributed by atoms with Gasteiger partial charge >= 0.3 is 5.97 Å². The molecule has 0 saturated carbocycles. The first kappa shape index (κ1) is 45.8. The quantitative estimate of drug-likeness (QED) is 0.0534. The smallest absolute Gasteiger partial charge is 0.326 e. The Morgan fingerprint density at radius 1 is 0.780 bits per heavy atom. The van der Waals surface area contributed by atoms with E-state index in [0.29, 0.717) is 24.1 Å². The maximum Gasteiger partial charge on any atom is 0.326 e. The molecule has 2 aliphatic heterocycles. The molecule has 2 aromatic rings. The molecule has 0 radical (unpaired) electrons. The molecule has 8 atom stereocenters. The summed E-state index contributed by atoms with van der Waals surface area (Å²) in [7, 11) is 0. The van der Waals surface area contributed by atoms with Gasteiger partial charge in [-0.25, -0.2) is 9.78 Å². The predicted octanol–water partition coefficient (Wildman–Crippen LogP) is -2.30. The van der Waals surface area contributed by atoms with Gasteiger partial charge in [-0.15, -0.1) is 0 Å². The molecule has 20 nitrogen and oxygen atoms in total. The number of nitrogens with one attached hydrogen (secondary N) is 6. The van der Waals surface area contributed by atoms with E-state index >= 15 is 0 Å². The van der Waals surface area contributed by atoms with Crippen LogP contribution in [-0.4, -0.2) is 145 Å². The maximum atomic E-state index is 14.4. The fourth-order valence-corrected chi connectivity index (χ4v) is 7.19. The summed E-state index contributed by atoms with van der Waals surface area (Å²) in [4.78, 5) is 115. The van der Waals surface area contributed by atoms with Crippen molar-refractivity contribution in [2.45, 2.75) is 115 Å². The maximum absolute atomic E-state index is 14.4. The van der Waals surface area contributed by atoms with Gasteiger partial charge < -0.3 is 57.3 Å². The number of hydrogen-bond donors (Lipinski definition) is 9. The van der Waals surface area contributed by atoms with Crippen LogP contribution in [0.25, 0.3) is 0 Å². The van der Waals surface area contributed by atoms with Crippen LogP contribution in [0.15, 0.2) is 42.9 Å². The Bertz CT molecular complexity index is 1810. The number of aliphatic hydroxyl groups is 1. The van der Waals surface area contributed by atoms with E-state index in [1.807, 2.05) is 0 Å². The Kier molecular flexibility index (Phi) is 16.5. The van der Waals surface area contributed by atoms with E-state index in [1.165, 1.54) is 36.2 Å². The normalized spacial score (nSPS) is 19.4. The zero-order valence-corrected chi connectivity index (χ0v) is 33.7. The molecule has 0 aliphatic carbocycles. The number of carboxylic acids is 1. The topological polar surface area (TPSA) is 298 Å². The molecule has 0 spiro atoms. The van der Waals surface area contributed by atoms with E-state index in [2.05, 4.69) is 36.6 Å². The average Bonchev–Trinajstić information content (AvgIpc) is 4.01. The van der Waals surface area contributed by atoms with Crippen LogP contribution in [0.1, 0.15) is 64.6 Å². The first-order valence-electron chi connectivity index (χ1n) is 19.8. The van der Waals surface area contributed by atoms with Crippen molar-refractivity contribution in [3.63, 3.8) is 0 Å². The van der Waals surface area contributed by atoms with Crippen LogP contribution in [0.4, 0.5) is 0 Å². The third kappa shape index (κ3) is 12.3. The number of benzene rings is 1. The minimum Gasteiger partial charge on any atom is -0.480 e. The zero-order valence-electron chi connectivity index (χ0n) is 33.7. The number of carbonyl (C=O) groups is 8. The summed E-state index contributed by atoms with van der Waals surface area (Å²) in [6.45, 7) is 6.23. The lowest BCUT2D eigenvalue weighted by Gasteiger charge is -2.33. The number of aliphatic hydroxyl groups excluding tert-OH is 1. The number of aromatic nitrogens is 2. The van der Waals surface area contributed by atoms with Gasteiger partial charge in [0.25, 0.3) is 0 Å². The van der Waals surface area contributed by atoms with Crippen molar-refractivity contribution < 1.29 is 48.6 Å². The van der Waals surface area contributed by atoms with E-state index in [9.17, 15) is 48.6 Å². The number of hydrogen-bond acceptors (Lipinski definition) is 11. The van der Waals surface area contributed by atoms with Crippen molar-refractivity contribution in [2.75, 3.05) is 19.6 Å². The molecule has 2 aliphatic rings. The number of imidazole rings is 1. The summed E-state index contributed by atoms with van der Waals surface area (Å²) in [6.07, 6.45) is 2.59. The number of rotatable bonds is 19. The van der Waals surface area contributed by atoms with Crippen molar-refractivity contribution >= 4 is 47.3 Å². The van der Waals surface area contributed by atoms with Crippen molar-refractivity contribution in [3.05, 3.63) is 54.1 Å². The molecule has 20 heteroatoms. The molecule has 0 unspecified atom stereocenters. The van der Waals surface area contributed by atoms with Gasteiger partial charge in [-0.05, 0) is 51.0 Å². The Hall–Kier alpha value is -5.89. The largest absolute Gasteiger partial charge is 0.480 e. The molecule has 3 heterocycles. The number of nitrogens with two attached hydrogens (primary N) is 1. The van der Waals surface area contributed by atoms with Crippen molar-refractivity contribution in [2.24, 2.45) is 11.7 Å². The number of nitrogens with zero attached hydrogens (tertiary/aromatic N) is 3. The Morgan fingerprint density at radius 2 is 1.39 bits per heavy atom. The number of H-pyrrole nitrogens is 1. The SMILES string of the molecule is C[C@H](NC(=O)CN)C(=O)[15NH][13C@H]([13C](=O)N1CCC[C@H]1C(=O)N[C@@H](Cc1ccccc1)C(=O)N1CCC[C@H]1C(=O)N[C@H](C(=O)N[C@@H](Cc1cnc[nH]1)C(=O)O)[C@@H](C)O)[13CH]([13CH3])[13CH3]. The summed E-state index contributed by atoms with van der Waals surface area (Å²) in [5.74, 6) is -6.28. The standard InChI is InChI=1S/C39H56N10O10/c1-21(2)31(46-33(52)22(3)43-30(51)18-40)38(57)49-15-9-12-28(49)34(53)44-26(16-24-10-6-5-7-11-24)37(56)48-14-8-13-29(48)35(54)47-32(23(4)50)36(55)45-27(39(58)59)17-25-19-41-20-42-25/h5-7,10-11,19-23,26-29,31-32,50H,8-9,12-18,40H2,1-4H3,(H,41,42)(H,43,51)(H,44,53)(H,45,55)(H,46,52)(H,47,54)(H,58,59)/t22-,23+,26-,27-,28-,29-,31-,32-/m0/s1/i1+1,2+1,21+1,31+1,38+1,46+1. The molecule has 10 N–H and O–H groups in total. The molecular formula is C39H56N10O10. The van der Waals surface area contributed by atoms with Crippen molar-refractivity contribution in [3.8, 4) is 0 Å². The monoisotopic (exact) mass is 830 g/mol. The lowest BCUT2D eigenvalue weighted by atomic mass is 10.0. The third-order valence-corrected chi connectivity index (χ3v) is 10.4. The van der Waals surface area contributed by atoms with E-state index in [1.54, 1.807) is 44.2 Å². The molecule has 2 saturated heterocycles. The van der Waals surface area contributed by atoms with Gasteiger partial charge in [0.2, 0.25) is 41.4 Å². The van der Waals surface area contributed by atoms with Crippen LogP contribution in [0, 0.1) is 5.92 Å². The molecule has 1 aromatic heterocycles. The molecule has 59 heavy (non-hydrogen) atoms. The second-order valence-corrected chi connectivity index (χ2v) is 15.3. The van der Waals surface area contributed by atoms with Gasteiger partial charge in [-0.1, -0.05) is 44.2 Å². The molecule has 1 aromatic carbocycles. The molecular weight excluding hydrogens is 774 g/mol. The van der Waals surface area contributed by atoms with Gasteiger partial charge in [-0.2, -0.15) is 0 Å². The van der Waals surface area contributed by atoms with Gasteiger partial charge in [0.05, 0.1) is 19.0 Å². The number of amides is 7. The van der Waals surface area contributed by atoms with Crippen LogP contribution < -0.4 is 32.3 Å². The van der Waals surface area contributed by atoms with Gasteiger partial charge in [-0.3, -0.25) is 33.6 Å². The minimum atomic E-state index is -1.57. The average molecular weight is 831 g/mol. The highest BCUT2D eigenvalue weighted by Crippen LogP contribution is 2.23. The fraction of sp³-hybridized carbons (Fsp3) is 0.564. The fourth-order valence-electron chi connectivity index (χ4n) is 7.19. The van der Waals surface area contributed by atoms with Crippen LogP contribution in [0.5, 0.6) is 0 Å². The molecule has 4 rings (SSSR count). The first-order valence-corrected chi connectivity index (χ1v) is 19.8. The van der Waals surface area contributed by atoms with E-state index in [-0.39, 0.29) is 51.2 Å². The number of carboxylic acid groups (broad SMARTS) is 1. The lowest BCUT2D eigenvalue weighted by molar-refractivity contribution is -0.145. The summed E-state index contributed by atoms with van der Waals surface area (Å²) in [6, 6.07) is 0.663. The Morgan fingerprint density at radius 3 is 1.93 bits per heavy atom. The van der Waals surface area contributed by atoms with Gasteiger partial charge in [0.1, 0.15) is 42.3 Å². The van der Waals surface area contributed by atoms with Crippen LogP contribution >= 0.6 is 0 Å². The number of aromatic amines is 1. The molecule has 2 fully saturated rings. The lowest BCUT2D eigenvalue weighted by Crippen LogP contribution is -2.61. The molecule has 322 valence electrons. The number of likely N-dealkylation sites (tertiary alicyclic amines) is 2. The van der Waals surface area contributed by atoms with Crippen LogP contribution in [0.3, 0.4) is 0 Å². The van der Waals surface area contributed by atoms with Crippen molar-refractivity contribution in [1.82, 2.24) is 46.4 Å². The van der Waals surface area contributed by atoms with Crippen LogP contribution in [-0.2, 0) is 51.2 Å². The third-order valence-electron chi connectivity index (χ3n) is 10.4. The minimum absolute atomic E-state index is 0.0413. The molecule has 0 bridgehead atoms. The Labute approximate surface area is 341 Å². The van der Waals surface area contributed by atoms with Gasteiger partial charge in [0, 0.05) is 37.8 Å². The molecule has 7 amide bonds. The van der Waals surface area contributed by atoms with Crippen molar-refractivity contribution in [1.29, 1.82) is 0 Å². The zero-order chi connectivity index (χ0) is 43.4. The second kappa shape index (κ2) is 21.2. The second-order valence-electron chi connectivity index (χ2n) is 15.3. The highest BCUT2D eigenvalue weighted by atomic mass is 16.4. The summed E-state index contributed by atoms with van der Waals surface area (Å²) >= 11 is 0. The number of aliphatic carboxylic acids is 1. The summed E-state index contributed by atoms with van der Waals surface area (Å²) in [5, 5.41) is 33.1.